The molecule has 0 aliphatic heterocycles. The molecule has 0 saturated carbocycles. The van der Waals surface area contributed by atoms with Gasteiger partial charge in [0.1, 0.15) is 5.02 Å². The van der Waals surface area contributed by atoms with Crippen LogP contribution in [0.1, 0.15) is 33.3 Å². The highest BCUT2D eigenvalue weighted by molar-refractivity contribution is 6.32. The maximum absolute atomic E-state index is 12.8. The summed E-state index contributed by atoms with van der Waals surface area (Å²) < 4.78 is 5.23. The van der Waals surface area contributed by atoms with Crippen LogP contribution in [0, 0.1) is 17.0 Å². The fourth-order valence-electron chi connectivity index (χ4n) is 2.86. The number of ketones is 1. The smallest absolute Gasteiger partial charge is 0.339 e. The highest BCUT2D eigenvalue weighted by Crippen LogP contribution is 2.27. The molecule has 0 unspecified atom stereocenters. The van der Waals surface area contributed by atoms with Gasteiger partial charge in [0.15, 0.2) is 6.10 Å². The van der Waals surface area contributed by atoms with Crippen molar-refractivity contribution in [3.63, 3.8) is 0 Å². The average Bonchev–Trinajstić information content (AvgIpc) is 2.96. The van der Waals surface area contributed by atoms with Gasteiger partial charge in [-0.05, 0) is 32.0 Å². The van der Waals surface area contributed by atoms with Crippen molar-refractivity contribution in [2.45, 2.75) is 20.0 Å². The molecule has 1 N–H and O–H groups in total. The number of nitrogens with one attached hydrogen (secondary N) is 1. The topological polar surface area (TPSA) is 102 Å². The molecule has 0 bridgehead atoms. The zero-order valence-electron chi connectivity index (χ0n) is 14.5. The third-order valence-electron chi connectivity index (χ3n) is 4.17. The number of aromatic nitrogens is 1. The number of rotatable bonds is 5. The molecule has 8 heteroatoms. The number of Topliss-reactive ketones (excluding diaryl/α,β-unsaturated/α-hetero) is 1. The molecular weight excluding hydrogens is 372 g/mol. The van der Waals surface area contributed by atoms with Gasteiger partial charge in [-0.15, -0.1) is 0 Å². The van der Waals surface area contributed by atoms with Gasteiger partial charge in [-0.25, -0.2) is 4.79 Å². The zero-order chi connectivity index (χ0) is 19.7. The van der Waals surface area contributed by atoms with Gasteiger partial charge in [-0.3, -0.25) is 14.9 Å². The largest absolute Gasteiger partial charge is 0.451 e. The van der Waals surface area contributed by atoms with Gasteiger partial charge >= 0.3 is 5.97 Å². The van der Waals surface area contributed by atoms with Crippen molar-refractivity contribution in [3.8, 4) is 0 Å². The minimum atomic E-state index is -1.06. The van der Waals surface area contributed by atoms with E-state index in [1.807, 2.05) is 24.3 Å². The van der Waals surface area contributed by atoms with Gasteiger partial charge in [0, 0.05) is 28.2 Å². The molecular formula is C19H15ClN2O5. The molecule has 0 aliphatic carbocycles. The predicted octanol–water partition coefficient (Wildman–Crippen LogP) is 4.47. The van der Waals surface area contributed by atoms with Crippen molar-refractivity contribution in [3.05, 3.63) is 74.4 Å². The summed E-state index contributed by atoms with van der Waals surface area (Å²) in [5.41, 5.74) is 1.48. The number of aromatic amines is 1. The first kappa shape index (κ1) is 18.6. The fraction of sp³-hybridized carbons (Fsp3) is 0.158. The van der Waals surface area contributed by atoms with Crippen LogP contribution in [0.4, 0.5) is 5.69 Å². The summed E-state index contributed by atoms with van der Waals surface area (Å²) in [5.74, 6) is -1.20. The molecule has 0 aliphatic rings. The molecule has 27 heavy (non-hydrogen) atoms. The number of H-pyrrole nitrogens is 1. The summed E-state index contributed by atoms with van der Waals surface area (Å²) in [4.78, 5) is 38.5. The first-order chi connectivity index (χ1) is 12.8. The third kappa shape index (κ3) is 3.54. The van der Waals surface area contributed by atoms with Crippen LogP contribution in [0.5, 0.6) is 0 Å². The van der Waals surface area contributed by atoms with Crippen LogP contribution in [-0.2, 0) is 4.74 Å². The molecule has 138 valence electrons. The summed E-state index contributed by atoms with van der Waals surface area (Å²) in [6.45, 7) is 3.23. The maximum Gasteiger partial charge on any atom is 0.339 e. The number of aryl methyl sites for hydroxylation is 1. The summed E-state index contributed by atoms with van der Waals surface area (Å²) >= 11 is 5.74. The number of nitro benzene ring substituents is 1. The van der Waals surface area contributed by atoms with Crippen molar-refractivity contribution < 1.29 is 19.2 Å². The van der Waals surface area contributed by atoms with E-state index in [9.17, 15) is 19.7 Å². The van der Waals surface area contributed by atoms with E-state index in [0.717, 1.165) is 17.0 Å². The van der Waals surface area contributed by atoms with Crippen LogP contribution in [0.15, 0.2) is 42.5 Å². The van der Waals surface area contributed by atoms with E-state index in [0.29, 0.717) is 11.3 Å². The van der Waals surface area contributed by atoms with Crippen LogP contribution < -0.4 is 0 Å². The molecule has 0 amide bonds. The van der Waals surface area contributed by atoms with Gasteiger partial charge in [0.05, 0.1) is 10.5 Å². The first-order valence-electron chi connectivity index (χ1n) is 8.06. The quantitative estimate of drug-likeness (QED) is 0.301. The van der Waals surface area contributed by atoms with Gasteiger partial charge in [0.25, 0.3) is 5.69 Å². The van der Waals surface area contributed by atoms with Gasteiger partial charge in [-0.2, -0.15) is 0 Å². The van der Waals surface area contributed by atoms with E-state index >= 15 is 0 Å². The first-order valence-corrected chi connectivity index (χ1v) is 8.44. The number of nitrogens with zero attached hydrogens (tertiary/aromatic N) is 1. The Balaban J connectivity index is 1.84. The SMILES string of the molecule is Cc1[nH]c2ccccc2c1C(=O)[C@@H](C)OC(=O)c1ccc(Cl)c([N+](=O)[O-])c1. The lowest BCUT2D eigenvalue weighted by Gasteiger charge is -2.13. The lowest BCUT2D eigenvalue weighted by molar-refractivity contribution is -0.384. The number of esters is 1. The van der Waals surface area contributed by atoms with Crippen molar-refractivity contribution in [1.82, 2.24) is 4.98 Å². The van der Waals surface area contributed by atoms with E-state index in [1.54, 1.807) is 6.92 Å². The van der Waals surface area contributed by atoms with Crippen LogP contribution in [0.2, 0.25) is 5.02 Å². The Kier molecular flexibility index (Phi) is 4.96. The Bertz CT molecular complexity index is 1070. The van der Waals surface area contributed by atoms with Crippen molar-refractivity contribution in [1.29, 1.82) is 0 Å². The van der Waals surface area contributed by atoms with E-state index < -0.39 is 22.7 Å². The fourth-order valence-corrected chi connectivity index (χ4v) is 3.05. The number of carbonyl (C=O) groups is 2. The molecule has 7 nitrogen and oxygen atoms in total. The summed E-state index contributed by atoms with van der Waals surface area (Å²) in [5, 5.41) is 11.6. The van der Waals surface area contributed by atoms with E-state index in [2.05, 4.69) is 4.98 Å². The van der Waals surface area contributed by atoms with Crippen LogP contribution in [0.3, 0.4) is 0 Å². The van der Waals surface area contributed by atoms with E-state index in [4.69, 9.17) is 16.3 Å². The molecule has 0 radical (unpaired) electrons. The number of carbonyl (C=O) groups excluding carboxylic acids is 2. The Morgan fingerprint density at radius 3 is 2.63 bits per heavy atom. The number of benzene rings is 2. The molecule has 0 spiro atoms. The van der Waals surface area contributed by atoms with Crippen molar-refractivity contribution >= 4 is 39.9 Å². The van der Waals surface area contributed by atoms with Gasteiger partial charge in [0.2, 0.25) is 5.78 Å². The van der Waals surface area contributed by atoms with Gasteiger partial charge in [-0.1, -0.05) is 29.8 Å². The standard InChI is InChI=1S/C19H15ClN2O5/c1-10-17(13-5-3-4-6-15(13)21-10)18(23)11(2)27-19(24)12-7-8-14(20)16(9-12)22(25)26/h3-9,11,21H,1-2H3/t11-/m1/s1. The molecule has 0 saturated heterocycles. The third-order valence-corrected chi connectivity index (χ3v) is 4.49. The van der Waals surface area contributed by atoms with Crippen LogP contribution in [-0.4, -0.2) is 27.8 Å². The van der Waals surface area contributed by atoms with Crippen LogP contribution in [0.25, 0.3) is 10.9 Å². The minimum Gasteiger partial charge on any atom is -0.451 e. The number of nitro groups is 1. The molecule has 1 heterocycles. The average molecular weight is 387 g/mol. The lowest BCUT2D eigenvalue weighted by Crippen LogP contribution is -2.25. The maximum atomic E-state index is 12.8. The Morgan fingerprint density at radius 2 is 1.93 bits per heavy atom. The lowest BCUT2D eigenvalue weighted by atomic mass is 10.0. The van der Waals surface area contributed by atoms with E-state index in [1.165, 1.54) is 19.1 Å². The zero-order valence-corrected chi connectivity index (χ0v) is 15.2. The Hall–Kier alpha value is -3.19. The predicted molar refractivity (Wildman–Crippen MR) is 100 cm³/mol. The number of hydrogen-bond donors (Lipinski definition) is 1. The second-order valence-corrected chi connectivity index (χ2v) is 6.41. The summed E-state index contributed by atoms with van der Waals surface area (Å²) in [7, 11) is 0. The van der Waals surface area contributed by atoms with Crippen LogP contribution >= 0.6 is 11.6 Å². The normalized spacial score (nSPS) is 12.0. The Labute approximate surface area is 159 Å². The number of para-hydroxylation sites is 1. The summed E-state index contributed by atoms with van der Waals surface area (Å²) in [6.07, 6.45) is -1.06. The Morgan fingerprint density at radius 1 is 1.22 bits per heavy atom. The number of fused-ring (bicyclic) bond motifs is 1. The second kappa shape index (κ2) is 7.20. The number of ether oxygens (including phenoxy) is 1. The molecule has 0 fully saturated rings. The monoisotopic (exact) mass is 386 g/mol. The molecule has 3 aromatic rings. The number of hydrogen-bond acceptors (Lipinski definition) is 5. The highest BCUT2D eigenvalue weighted by atomic mass is 35.5. The molecule has 2 aromatic carbocycles. The molecule has 1 atom stereocenters. The summed E-state index contributed by atoms with van der Waals surface area (Å²) in [6, 6.07) is 10.9. The molecule has 3 rings (SSSR count). The van der Waals surface area contributed by atoms with E-state index in [-0.39, 0.29) is 16.4 Å². The highest BCUT2D eigenvalue weighted by Gasteiger charge is 2.26. The second-order valence-electron chi connectivity index (χ2n) is 6.01. The molecule has 1 aromatic heterocycles. The van der Waals surface area contributed by atoms with Crippen molar-refractivity contribution in [2.24, 2.45) is 0 Å². The van der Waals surface area contributed by atoms with Gasteiger partial charge < -0.3 is 9.72 Å². The minimum absolute atomic E-state index is 0.0543. The van der Waals surface area contributed by atoms with Crippen molar-refractivity contribution in [2.75, 3.05) is 0 Å². The number of halogens is 1.